The van der Waals surface area contributed by atoms with E-state index in [0.717, 1.165) is 35.3 Å². The molecule has 0 radical (unpaired) electrons. The monoisotopic (exact) mass is 343 g/mol. The number of amides is 1. The van der Waals surface area contributed by atoms with Gasteiger partial charge in [0, 0.05) is 24.5 Å². The highest BCUT2D eigenvalue weighted by molar-refractivity contribution is 6.01. The Morgan fingerprint density at radius 3 is 2.88 bits per heavy atom. The summed E-state index contributed by atoms with van der Waals surface area (Å²) in [4.78, 5) is 17.1. The van der Waals surface area contributed by atoms with Gasteiger partial charge in [-0.1, -0.05) is 6.92 Å². The molecule has 0 fully saturated rings. The summed E-state index contributed by atoms with van der Waals surface area (Å²) in [5.74, 6) is 0.196. The molecule has 1 amide bonds. The van der Waals surface area contributed by atoms with Crippen LogP contribution in [0.5, 0.6) is 0 Å². The molecular formula is C18H22FN5O. The summed E-state index contributed by atoms with van der Waals surface area (Å²) in [6, 6.07) is 4.27. The van der Waals surface area contributed by atoms with Crippen LogP contribution >= 0.6 is 0 Å². The molecule has 0 aliphatic carbocycles. The lowest BCUT2D eigenvalue weighted by Gasteiger charge is -2.15. The molecule has 0 aliphatic heterocycles. The van der Waals surface area contributed by atoms with Crippen molar-refractivity contribution in [1.82, 2.24) is 24.6 Å². The molecule has 7 heteroatoms. The number of hydrogen-bond donors (Lipinski definition) is 1. The Hall–Kier alpha value is -2.70. The molecule has 6 nitrogen and oxygen atoms in total. The molecule has 0 unspecified atom stereocenters. The summed E-state index contributed by atoms with van der Waals surface area (Å²) in [6.45, 7) is 6.53. The van der Waals surface area contributed by atoms with Crippen LogP contribution in [0.25, 0.3) is 10.9 Å². The van der Waals surface area contributed by atoms with Gasteiger partial charge in [-0.15, -0.1) is 0 Å². The summed E-state index contributed by atoms with van der Waals surface area (Å²) in [5.41, 5.74) is 2.11. The lowest BCUT2D eigenvalue weighted by Crippen LogP contribution is -2.30. The number of aryl methyl sites for hydroxylation is 3. The molecule has 25 heavy (non-hydrogen) atoms. The van der Waals surface area contributed by atoms with Gasteiger partial charge in [0.2, 0.25) is 0 Å². The fourth-order valence-electron chi connectivity index (χ4n) is 3.25. The van der Waals surface area contributed by atoms with E-state index >= 15 is 0 Å². The van der Waals surface area contributed by atoms with Gasteiger partial charge >= 0.3 is 0 Å². The molecule has 2 heterocycles. The predicted octanol–water partition coefficient (Wildman–Crippen LogP) is 3.12. The Balaban J connectivity index is 1.91. The highest BCUT2D eigenvalue weighted by atomic mass is 19.1. The number of hydrogen-bond acceptors (Lipinski definition) is 3. The lowest BCUT2D eigenvalue weighted by molar-refractivity contribution is 0.0929. The van der Waals surface area contributed by atoms with E-state index in [2.05, 4.69) is 22.3 Å². The van der Waals surface area contributed by atoms with Crippen molar-refractivity contribution in [2.75, 3.05) is 0 Å². The summed E-state index contributed by atoms with van der Waals surface area (Å²) in [6.07, 6.45) is 2.43. The van der Waals surface area contributed by atoms with E-state index in [1.807, 2.05) is 20.9 Å². The number of benzene rings is 1. The molecule has 0 aliphatic rings. The van der Waals surface area contributed by atoms with Crippen LogP contribution < -0.4 is 5.32 Å². The van der Waals surface area contributed by atoms with Gasteiger partial charge in [-0.3, -0.25) is 4.79 Å². The van der Waals surface area contributed by atoms with Crippen molar-refractivity contribution in [2.24, 2.45) is 7.05 Å². The predicted molar refractivity (Wildman–Crippen MR) is 93.8 cm³/mol. The zero-order chi connectivity index (χ0) is 18.1. The van der Waals surface area contributed by atoms with Crippen molar-refractivity contribution < 1.29 is 9.18 Å². The average Bonchev–Trinajstić information content (AvgIpc) is 3.11. The van der Waals surface area contributed by atoms with Crippen molar-refractivity contribution in [3.63, 3.8) is 0 Å². The van der Waals surface area contributed by atoms with Crippen molar-refractivity contribution >= 4 is 16.8 Å². The van der Waals surface area contributed by atoms with Crippen LogP contribution in [0.4, 0.5) is 4.39 Å². The minimum absolute atomic E-state index is 0.213. The Labute approximate surface area is 145 Å². The summed E-state index contributed by atoms with van der Waals surface area (Å²) in [7, 11) is 1.81. The molecule has 1 N–H and O–H groups in total. The molecule has 0 saturated carbocycles. The molecule has 0 bridgehead atoms. The average molecular weight is 343 g/mol. The van der Waals surface area contributed by atoms with Crippen molar-refractivity contribution in [1.29, 1.82) is 0 Å². The maximum absolute atomic E-state index is 13.5. The normalized spacial score (nSPS) is 12.5. The SMILES string of the molecule is CCCn1ncnc1[C@@H](C)NC(=O)c1c(C)c2cc(F)ccc2n1C. The number of carbonyl (C=O) groups excluding carboxylic acids is 1. The third-order valence-electron chi connectivity index (χ3n) is 4.45. The van der Waals surface area contributed by atoms with Crippen LogP contribution in [-0.4, -0.2) is 25.2 Å². The molecule has 0 spiro atoms. The maximum atomic E-state index is 13.5. The standard InChI is InChI=1S/C18H22FN5O/c1-5-8-24-17(20-10-21-24)12(3)22-18(25)16-11(2)14-9-13(19)6-7-15(14)23(16)4/h6-7,9-10,12H,5,8H2,1-4H3,(H,22,25)/t12-/m1/s1. The van der Waals surface area contributed by atoms with Crippen molar-refractivity contribution in [3.05, 3.63) is 47.4 Å². The van der Waals surface area contributed by atoms with Crippen LogP contribution in [0.1, 0.15) is 48.2 Å². The van der Waals surface area contributed by atoms with Crippen LogP contribution in [0.2, 0.25) is 0 Å². The lowest BCUT2D eigenvalue weighted by atomic mass is 10.1. The van der Waals surface area contributed by atoms with E-state index in [1.165, 1.54) is 18.5 Å². The first-order valence-electron chi connectivity index (χ1n) is 8.37. The third-order valence-corrected chi connectivity index (χ3v) is 4.45. The molecule has 1 atom stereocenters. The van der Waals surface area contributed by atoms with Crippen molar-refractivity contribution in [3.8, 4) is 0 Å². The quantitative estimate of drug-likeness (QED) is 0.774. The van der Waals surface area contributed by atoms with Crippen LogP contribution in [0.15, 0.2) is 24.5 Å². The van der Waals surface area contributed by atoms with E-state index in [1.54, 1.807) is 15.3 Å². The molecule has 2 aromatic heterocycles. The van der Waals surface area contributed by atoms with Gasteiger partial charge < -0.3 is 9.88 Å². The number of fused-ring (bicyclic) bond motifs is 1. The van der Waals surface area contributed by atoms with E-state index in [0.29, 0.717) is 5.69 Å². The Bertz CT molecular complexity index is 927. The first-order chi connectivity index (χ1) is 11.9. The maximum Gasteiger partial charge on any atom is 0.268 e. The summed E-state index contributed by atoms with van der Waals surface area (Å²) in [5, 5.41) is 7.92. The van der Waals surface area contributed by atoms with Gasteiger partial charge in [0.05, 0.1) is 6.04 Å². The smallest absolute Gasteiger partial charge is 0.268 e. The third kappa shape index (κ3) is 3.01. The first-order valence-corrected chi connectivity index (χ1v) is 8.37. The largest absolute Gasteiger partial charge is 0.341 e. The zero-order valence-corrected chi connectivity index (χ0v) is 14.9. The molecule has 3 aromatic rings. The molecule has 3 rings (SSSR count). The first kappa shape index (κ1) is 17.1. The Kier molecular flexibility index (Phi) is 4.57. The van der Waals surface area contributed by atoms with Crippen LogP contribution in [0.3, 0.4) is 0 Å². The second kappa shape index (κ2) is 6.66. The number of carbonyl (C=O) groups is 1. The van der Waals surface area contributed by atoms with Gasteiger partial charge in [-0.05, 0) is 44.0 Å². The molecule has 1 aromatic carbocycles. The topological polar surface area (TPSA) is 64.7 Å². The second-order valence-electron chi connectivity index (χ2n) is 6.23. The van der Waals surface area contributed by atoms with Gasteiger partial charge in [-0.25, -0.2) is 14.1 Å². The minimum Gasteiger partial charge on any atom is -0.341 e. The fraction of sp³-hybridized carbons (Fsp3) is 0.389. The zero-order valence-electron chi connectivity index (χ0n) is 14.9. The van der Waals surface area contributed by atoms with Crippen LogP contribution in [0, 0.1) is 12.7 Å². The summed E-state index contributed by atoms with van der Waals surface area (Å²) < 4.78 is 17.1. The van der Waals surface area contributed by atoms with E-state index < -0.39 is 0 Å². The van der Waals surface area contributed by atoms with E-state index in [9.17, 15) is 9.18 Å². The molecule has 0 saturated heterocycles. The van der Waals surface area contributed by atoms with Crippen LogP contribution in [-0.2, 0) is 13.6 Å². The fourth-order valence-corrected chi connectivity index (χ4v) is 3.25. The van der Waals surface area contributed by atoms with Gasteiger partial charge in [0.1, 0.15) is 23.7 Å². The Morgan fingerprint density at radius 2 is 2.16 bits per heavy atom. The minimum atomic E-state index is -0.311. The number of aromatic nitrogens is 4. The molecule has 132 valence electrons. The Morgan fingerprint density at radius 1 is 1.40 bits per heavy atom. The van der Waals surface area contributed by atoms with Gasteiger partial charge in [0.25, 0.3) is 5.91 Å². The highest BCUT2D eigenvalue weighted by Crippen LogP contribution is 2.26. The van der Waals surface area contributed by atoms with E-state index in [-0.39, 0.29) is 17.8 Å². The van der Waals surface area contributed by atoms with E-state index in [4.69, 9.17) is 0 Å². The number of nitrogens with zero attached hydrogens (tertiary/aromatic N) is 4. The number of halogens is 1. The summed E-state index contributed by atoms with van der Waals surface area (Å²) >= 11 is 0. The molecular weight excluding hydrogens is 321 g/mol. The van der Waals surface area contributed by atoms with Gasteiger partial charge in [-0.2, -0.15) is 5.10 Å². The number of nitrogens with one attached hydrogen (secondary N) is 1. The van der Waals surface area contributed by atoms with Crippen molar-refractivity contribution in [2.45, 2.75) is 39.8 Å². The highest BCUT2D eigenvalue weighted by Gasteiger charge is 2.22. The second-order valence-corrected chi connectivity index (χ2v) is 6.23. The number of rotatable bonds is 5. The van der Waals surface area contributed by atoms with Gasteiger partial charge in [0.15, 0.2) is 0 Å².